The van der Waals surface area contributed by atoms with Crippen LogP contribution in [0.25, 0.3) is 0 Å². The van der Waals surface area contributed by atoms with Crippen LogP contribution in [0, 0.1) is 23.7 Å². The molecule has 25 heavy (non-hydrogen) atoms. The molecule has 2 aliphatic carbocycles. The molecule has 0 spiro atoms. The van der Waals surface area contributed by atoms with Crippen LogP contribution in [0.5, 0.6) is 0 Å². The van der Waals surface area contributed by atoms with Crippen molar-refractivity contribution < 1.29 is 24.4 Å². The first-order valence-electron chi connectivity index (χ1n) is 10.0. The molecule has 3 aliphatic heterocycles. The van der Waals surface area contributed by atoms with Gasteiger partial charge in [0.2, 0.25) is 0 Å². The predicted octanol–water partition coefficient (Wildman–Crippen LogP) is 0.605. The third-order valence-corrected chi connectivity index (χ3v) is 7.92. The molecule has 0 radical (unpaired) electrons. The number of methoxy groups -OCH3 is 1. The van der Waals surface area contributed by atoms with E-state index < -0.39 is 0 Å². The number of aliphatic hydroxyl groups is 2. The van der Waals surface area contributed by atoms with Crippen LogP contribution in [0.3, 0.4) is 0 Å². The summed E-state index contributed by atoms with van der Waals surface area (Å²) in [6, 6.07) is 0.535. The minimum Gasteiger partial charge on any atom is -0.391 e. The fourth-order valence-corrected chi connectivity index (χ4v) is 6.73. The highest BCUT2D eigenvalue weighted by atomic mass is 16.7. The van der Waals surface area contributed by atoms with Gasteiger partial charge in [-0.25, -0.2) is 0 Å². The Balaban J connectivity index is 1.37. The topological polar surface area (TPSA) is 71.4 Å². The first-order valence-corrected chi connectivity index (χ1v) is 10.0. The third kappa shape index (κ3) is 2.68. The van der Waals surface area contributed by atoms with E-state index in [9.17, 15) is 10.2 Å². The Morgan fingerprint density at radius 1 is 0.880 bits per heavy atom. The van der Waals surface area contributed by atoms with E-state index in [1.54, 1.807) is 7.11 Å². The van der Waals surface area contributed by atoms with Gasteiger partial charge in [0.25, 0.3) is 0 Å². The molecule has 10 atom stereocenters. The zero-order valence-corrected chi connectivity index (χ0v) is 15.0. The van der Waals surface area contributed by atoms with Crippen LogP contribution in [0.1, 0.15) is 32.1 Å². The summed E-state index contributed by atoms with van der Waals surface area (Å²) in [6.07, 6.45) is 4.79. The van der Waals surface area contributed by atoms with Crippen molar-refractivity contribution in [2.75, 3.05) is 27.0 Å². The Morgan fingerprint density at radius 2 is 1.64 bits per heavy atom. The molecule has 5 aliphatic rings. The summed E-state index contributed by atoms with van der Waals surface area (Å²) >= 11 is 0. The molecule has 3 saturated heterocycles. The zero-order valence-electron chi connectivity index (χ0n) is 15.0. The summed E-state index contributed by atoms with van der Waals surface area (Å²) in [7, 11) is 1.72. The molecular weight excluding hydrogens is 322 g/mol. The summed E-state index contributed by atoms with van der Waals surface area (Å²) in [5.41, 5.74) is 0. The lowest BCUT2D eigenvalue weighted by Crippen LogP contribution is -2.65. The van der Waals surface area contributed by atoms with Gasteiger partial charge in [0.15, 0.2) is 0 Å². The maximum atomic E-state index is 10.8. The van der Waals surface area contributed by atoms with Crippen LogP contribution in [-0.4, -0.2) is 78.7 Å². The third-order valence-electron chi connectivity index (χ3n) is 7.92. The fraction of sp³-hybridized carbons (Fsp3) is 1.00. The smallest absolute Gasteiger partial charge is 0.147 e. The van der Waals surface area contributed by atoms with Gasteiger partial charge in [-0.1, -0.05) is 0 Å². The van der Waals surface area contributed by atoms with Gasteiger partial charge in [-0.05, 0) is 49.9 Å². The summed E-state index contributed by atoms with van der Waals surface area (Å²) < 4.78 is 17.2. The monoisotopic (exact) mass is 353 g/mol. The van der Waals surface area contributed by atoms with E-state index in [0.717, 1.165) is 38.8 Å². The Morgan fingerprint density at radius 3 is 2.40 bits per heavy atom. The SMILES string of the molecule is COC1C(O)CCC2CC3C4CC5OCOC5CC4[C@H](O)CN3CC21. The first kappa shape index (κ1) is 16.9. The highest BCUT2D eigenvalue weighted by Gasteiger charge is 2.54. The molecule has 5 fully saturated rings. The minimum absolute atomic E-state index is 0.0585. The fourth-order valence-electron chi connectivity index (χ4n) is 6.73. The lowest BCUT2D eigenvalue weighted by Gasteiger charge is -2.58. The van der Waals surface area contributed by atoms with E-state index in [-0.39, 0.29) is 30.5 Å². The number of hydrogen-bond acceptors (Lipinski definition) is 6. The highest BCUT2D eigenvalue weighted by Crippen LogP contribution is 2.49. The number of nitrogens with zero attached hydrogens (tertiary/aromatic N) is 1. The predicted molar refractivity (Wildman–Crippen MR) is 89.8 cm³/mol. The zero-order chi connectivity index (χ0) is 17.1. The van der Waals surface area contributed by atoms with E-state index in [0.29, 0.717) is 36.5 Å². The summed E-state index contributed by atoms with van der Waals surface area (Å²) in [4.78, 5) is 2.49. The van der Waals surface area contributed by atoms with E-state index in [2.05, 4.69) is 4.90 Å². The molecular formula is C19H31NO5. The van der Waals surface area contributed by atoms with Crippen LogP contribution in [0.4, 0.5) is 0 Å². The molecule has 5 rings (SSSR count). The van der Waals surface area contributed by atoms with Crippen LogP contribution >= 0.6 is 0 Å². The average molecular weight is 353 g/mol. The van der Waals surface area contributed by atoms with Gasteiger partial charge in [-0.15, -0.1) is 0 Å². The van der Waals surface area contributed by atoms with Crippen molar-refractivity contribution in [3.8, 4) is 0 Å². The average Bonchev–Trinajstić information content (AvgIpc) is 3.07. The van der Waals surface area contributed by atoms with Gasteiger partial charge in [0, 0.05) is 32.2 Å². The summed E-state index contributed by atoms with van der Waals surface area (Å²) in [6.45, 7) is 2.10. The molecule has 0 aromatic carbocycles. The number of ether oxygens (including phenoxy) is 3. The molecule has 3 heterocycles. The molecule has 0 bridgehead atoms. The first-order chi connectivity index (χ1) is 12.2. The van der Waals surface area contributed by atoms with Crippen molar-refractivity contribution in [2.24, 2.45) is 23.7 Å². The molecule has 6 heteroatoms. The van der Waals surface area contributed by atoms with Crippen LogP contribution in [-0.2, 0) is 14.2 Å². The summed E-state index contributed by atoms with van der Waals surface area (Å²) in [5, 5.41) is 21.1. The lowest BCUT2D eigenvalue weighted by molar-refractivity contribution is -0.160. The quantitative estimate of drug-likeness (QED) is 0.720. The normalized spacial score (nSPS) is 55.8. The van der Waals surface area contributed by atoms with Crippen molar-refractivity contribution in [3.05, 3.63) is 0 Å². The maximum absolute atomic E-state index is 10.8. The minimum atomic E-state index is -0.343. The molecule has 2 N–H and O–H groups in total. The van der Waals surface area contributed by atoms with Crippen molar-refractivity contribution in [3.63, 3.8) is 0 Å². The number of aliphatic hydroxyl groups excluding tert-OH is 2. The van der Waals surface area contributed by atoms with E-state index in [1.165, 1.54) is 6.42 Å². The molecule has 2 saturated carbocycles. The van der Waals surface area contributed by atoms with Gasteiger partial charge >= 0.3 is 0 Å². The second kappa shape index (κ2) is 6.43. The van der Waals surface area contributed by atoms with Gasteiger partial charge < -0.3 is 24.4 Å². The maximum Gasteiger partial charge on any atom is 0.147 e. The summed E-state index contributed by atoms with van der Waals surface area (Å²) in [5.74, 6) is 1.86. The van der Waals surface area contributed by atoms with E-state index in [1.807, 2.05) is 0 Å². The number of piperidine rings is 2. The molecule has 0 aromatic rings. The van der Waals surface area contributed by atoms with Crippen LogP contribution < -0.4 is 0 Å². The lowest BCUT2D eigenvalue weighted by atomic mass is 9.61. The Bertz CT molecular complexity index is 504. The van der Waals surface area contributed by atoms with Gasteiger partial charge in [0.1, 0.15) is 6.79 Å². The van der Waals surface area contributed by atoms with Gasteiger partial charge in [-0.2, -0.15) is 0 Å². The van der Waals surface area contributed by atoms with E-state index in [4.69, 9.17) is 14.2 Å². The second-order valence-electron chi connectivity index (χ2n) is 8.92. The Labute approximate surface area is 149 Å². The standard InChI is InChI=1S/C19H31NO5/c1-23-19-13-7-20-8-16(22)12-6-18-17(24-9-25-18)5-11(12)14(20)4-10(13)2-3-15(19)21/h10-19,21-22H,2-9H2,1H3/t10?,11?,12?,13?,14?,15?,16-,17?,18?,19?/m1/s1. The molecule has 6 nitrogen and oxygen atoms in total. The number of rotatable bonds is 1. The number of hydrogen-bond donors (Lipinski definition) is 2. The Hall–Kier alpha value is -0.240. The molecule has 142 valence electrons. The van der Waals surface area contributed by atoms with Crippen molar-refractivity contribution >= 4 is 0 Å². The molecule has 0 aromatic heterocycles. The second-order valence-corrected chi connectivity index (χ2v) is 8.92. The van der Waals surface area contributed by atoms with Gasteiger partial charge in [-0.3, -0.25) is 4.90 Å². The largest absolute Gasteiger partial charge is 0.391 e. The molecule has 9 unspecified atom stereocenters. The van der Waals surface area contributed by atoms with Crippen molar-refractivity contribution in [1.82, 2.24) is 4.90 Å². The van der Waals surface area contributed by atoms with Crippen LogP contribution in [0.2, 0.25) is 0 Å². The van der Waals surface area contributed by atoms with Crippen molar-refractivity contribution in [2.45, 2.75) is 68.7 Å². The number of fused-ring (bicyclic) bond motifs is 5. The van der Waals surface area contributed by atoms with Crippen molar-refractivity contribution in [1.29, 1.82) is 0 Å². The van der Waals surface area contributed by atoms with E-state index >= 15 is 0 Å². The van der Waals surface area contributed by atoms with Crippen LogP contribution in [0.15, 0.2) is 0 Å². The molecule has 0 amide bonds. The highest BCUT2D eigenvalue weighted by molar-refractivity contribution is 5.06. The van der Waals surface area contributed by atoms with Gasteiger partial charge in [0.05, 0.1) is 30.5 Å². The Kier molecular flexibility index (Phi) is 4.34.